The van der Waals surface area contributed by atoms with E-state index in [1.165, 1.54) is 26.4 Å². The van der Waals surface area contributed by atoms with Gasteiger partial charge in [0, 0.05) is 0 Å². The summed E-state index contributed by atoms with van der Waals surface area (Å²) in [5.41, 5.74) is 0.305. The summed E-state index contributed by atoms with van der Waals surface area (Å²) in [7, 11) is 2.73. The first-order chi connectivity index (χ1) is 6.24. The molecule has 0 unspecified atom stereocenters. The van der Waals surface area contributed by atoms with Gasteiger partial charge in [-0.15, -0.1) is 0 Å². The highest BCUT2D eigenvalue weighted by Gasteiger charge is 2.14. The second kappa shape index (κ2) is 3.80. The summed E-state index contributed by atoms with van der Waals surface area (Å²) in [5.74, 6) is -0.0537. The Balaban J connectivity index is 3.35. The average molecular weight is 181 g/mol. The smallest absolute Gasteiger partial charge is 0.224 e. The molecule has 13 heavy (non-hydrogen) atoms. The van der Waals surface area contributed by atoms with Crippen molar-refractivity contribution in [2.24, 2.45) is 0 Å². The zero-order valence-corrected chi connectivity index (χ0v) is 7.37. The fourth-order valence-corrected chi connectivity index (χ4v) is 1.06. The van der Waals surface area contributed by atoms with E-state index in [0.29, 0.717) is 11.8 Å². The van der Waals surface area contributed by atoms with E-state index in [1.807, 2.05) is 0 Å². The van der Waals surface area contributed by atoms with E-state index in [0.717, 1.165) is 0 Å². The molecule has 0 aliphatic carbocycles. The Morgan fingerprint density at radius 2 is 1.77 bits per heavy atom. The lowest BCUT2D eigenvalue weighted by molar-refractivity contribution is 0.112. The number of carbonyl (C=O) groups excluding carboxylic acids is 1. The van der Waals surface area contributed by atoms with E-state index in [4.69, 9.17) is 9.47 Å². The number of hydrogen-bond donors (Lipinski definition) is 0. The fraction of sp³-hybridized carbons (Fsp3) is 0.222. The maximum absolute atomic E-state index is 11.2. The third-order valence-corrected chi connectivity index (χ3v) is 1.64. The molecule has 1 rings (SSSR count). The summed E-state index contributed by atoms with van der Waals surface area (Å²) in [5, 5.41) is 11.2. The molecule has 0 fully saturated rings. The van der Waals surface area contributed by atoms with Crippen LogP contribution in [0.25, 0.3) is 0 Å². The highest BCUT2D eigenvalue weighted by Crippen LogP contribution is 2.38. The average Bonchev–Trinajstić information content (AvgIpc) is 2.17. The number of hydrogen-bond acceptors (Lipinski definition) is 3. The van der Waals surface area contributed by atoms with Gasteiger partial charge in [0.05, 0.1) is 19.8 Å². The highest BCUT2D eigenvalue weighted by molar-refractivity contribution is 5.82. The zero-order valence-electron chi connectivity index (χ0n) is 7.37. The molecule has 1 aromatic rings. The molecular weight excluding hydrogens is 172 g/mol. The molecule has 0 heterocycles. The Hall–Kier alpha value is -1.71. The topological polar surface area (TPSA) is 55.4 Å². The van der Waals surface area contributed by atoms with Gasteiger partial charge in [0.15, 0.2) is 12.0 Å². The van der Waals surface area contributed by atoms with E-state index >= 15 is 0 Å². The highest BCUT2D eigenvalue weighted by atomic mass is 16.5. The van der Waals surface area contributed by atoms with Crippen molar-refractivity contribution in [1.82, 2.24) is 0 Å². The molecule has 0 aliphatic rings. The van der Waals surface area contributed by atoms with Gasteiger partial charge < -0.3 is 9.47 Å². The summed E-state index contributed by atoms with van der Waals surface area (Å²) in [6.07, 6.45) is 0.612. The van der Waals surface area contributed by atoms with Gasteiger partial charge >= 0.3 is 0 Å². The van der Waals surface area contributed by atoms with Crippen LogP contribution in [-0.4, -0.2) is 20.5 Å². The third-order valence-electron chi connectivity index (χ3n) is 1.64. The van der Waals surface area contributed by atoms with Crippen LogP contribution in [-0.2, 0) is 5.11 Å². The maximum atomic E-state index is 11.2. The Morgan fingerprint density at radius 3 is 2.23 bits per heavy atom. The van der Waals surface area contributed by atoms with Crippen molar-refractivity contribution in [3.8, 4) is 17.2 Å². The maximum Gasteiger partial charge on any atom is 0.224 e. The fourth-order valence-electron chi connectivity index (χ4n) is 1.06. The Labute approximate surface area is 75.7 Å². The number of aldehydes is 1. The van der Waals surface area contributed by atoms with Crippen molar-refractivity contribution in [2.75, 3.05) is 14.2 Å². The van der Waals surface area contributed by atoms with Crippen LogP contribution >= 0.6 is 0 Å². The molecule has 0 N–H and O–H groups in total. The Morgan fingerprint density at radius 1 is 1.15 bits per heavy atom. The van der Waals surface area contributed by atoms with Crippen molar-refractivity contribution in [2.45, 2.75) is 0 Å². The summed E-state index contributed by atoms with van der Waals surface area (Å²) >= 11 is 0. The molecule has 1 aromatic carbocycles. The van der Waals surface area contributed by atoms with Crippen molar-refractivity contribution in [1.29, 1.82) is 0 Å². The standard InChI is InChI=1S/C9H9O4/c1-12-8-6(5-10)3-4-7(11)9(8)13-2/h3-5H,1-2H3. The number of methoxy groups -OCH3 is 2. The van der Waals surface area contributed by atoms with E-state index in [9.17, 15) is 9.90 Å². The lowest BCUT2D eigenvalue weighted by Crippen LogP contribution is -1.94. The normalized spacial score (nSPS) is 9.38. The number of benzene rings is 1. The minimum atomic E-state index is -0.301. The van der Waals surface area contributed by atoms with Crippen LogP contribution in [0.2, 0.25) is 0 Å². The monoisotopic (exact) mass is 181 g/mol. The van der Waals surface area contributed by atoms with Gasteiger partial charge in [0.2, 0.25) is 11.5 Å². The predicted octanol–water partition coefficient (Wildman–Crippen LogP) is 1.66. The molecule has 4 nitrogen and oxygen atoms in total. The molecule has 4 heteroatoms. The zero-order chi connectivity index (χ0) is 9.84. The molecular formula is C9H9O4. The van der Waals surface area contributed by atoms with Gasteiger partial charge in [-0.1, -0.05) is 0 Å². The van der Waals surface area contributed by atoms with Crippen molar-refractivity contribution in [3.63, 3.8) is 0 Å². The lowest BCUT2D eigenvalue weighted by atomic mass is 10.2. The Bertz CT molecular complexity index is 320. The molecule has 0 bridgehead atoms. The van der Waals surface area contributed by atoms with Crippen LogP contribution in [0.1, 0.15) is 10.4 Å². The molecule has 0 saturated heterocycles. The van der Waals surface area contributed by atoms with E-state index in [2.05, 4.69) is 0 Å². The first-order valence-corrected chi connectivity index (χ1v) is 3.61. The van der Waals surface area contributed by atoms with Gasteiger partial charge in [-0.3, -0.25) is 9.90 Å². The van der Waals surface area contributed by atoms with Crippen LogP contribution in [0, 0.1) is 0 Å². The molecule has 0 aromatic heterocycles. The first kappa shape index (κ1) is 9.38. The summed E-state index contributed by atoms with van der Waals surface area (Å²) in [6, 6.07) is 2.67. The SMILES string of the molecule is COc1c([O])ccc(C=O)c1OC. The minimum absolute atomic E-state index is 0.0621. The second-order valence-electron chi connectivity index (χ2n) is 2.34. The lowest BCUT2D eigenvalue weighted by Gasteiger charge is -2.08. The molecule has 0 aliphatic heterocycles. The quantitative estimate of drug-likeness (QED) is 0.666. The third kappa shape index (κ3) is 1.56. The molecule has 69 valence electrons. The van der Waals surface area contributed by atoms with E-state index < -0.39 is 0 Å². The van der Waals surface area contributed by atoms with Crippen LogP contribution in [0.5, 0.6) is 17.2 Å². The van der Waals surface area contributed by atoms with Crippen LogP contribution in [0.3, 0.4) is 0 Å². The van der Waals surface area contributed by atoms with Crippen molar-refractivity contribution >= 4 is 6.29 Å². The number of rotatable bonds is 3. The van der Waals surface area contributed by atoms with Gasteiger partial charge in [-0.25, -0.2) is 0 Å². The number of ether oxygens (including phenoxy) is 2. The predicted molar refractivity (Wildman–Crippen MR) is 45.1 cm³/mol. The summed E-state index contributed by atoms with van der Waals surface area (Å²) < 4.78 is 9.70. The summed E-state index contributed by atoms with van der Waals surface area (Å²) in [6.45, 7) is 0. The molecule has 1 radical (unpaired) electrons. The molecule has 0 amide bonds. The second-order valence-corrected chi connectivity index (χ2v) is 2.34. The van der Waals surface area contributed by atoms with Gasteiger partial charge in [0.25, 0.3) is 0 Å². The van der Waals surface area contributed by atoms with E-state index in [1.54, 1.807) is 0 Å². The first-order valence-electron chi connectivity index (χ1n) is 3.61. The van der Waals surface area contributed by atoms with Gasteiger partial charge in [-0.2, -0.15) is 0 Å². The Kier molecular flexibility index (Phi) is 2.74. The van der Waals surface area contributed by atoms with Crippen molar-refractivity contribution in [3.05, 3.63) is 17.7 Å². The molecule has 0 spiro atoms. The van der Waals surface area contributed by atoms with Gasteiger partial charge in [0.1, 0.15) is 0 Å². The minimum Gasteiger partial charge on any atom is -0.492 e. The largest absolute Gasteiger partial charge is 0.492 e. The number of carbonyl (C=O) groups is 1. The van der Waals surface area contributed by atoms with Crippen LogP contribution in [0.4, 0.5) is 0 Å². The summed E-state index contributed by atoms with van der Waals surface area (Å²) in [4.78, 5) is 10.5. The van der Waals surface area contributed by atoms with Crippen LogP contribution in [0.15, 0.2) is 12.1 Å². The van der Waals surface area contributed by atoms with E-state index in [-0.39, 0.29) is 17.2 Å². The van der Waals surface area contributed by atoms with Crippen molar-refractivity contribution < 1.29 is 19.4 Å². The molecule has 0 saturated carbocycles. The van der Waals surface area contributed by atoms with Crippen LogP contribution < -0.4 is 9.47 Å². The van der Waals surface area contributed by atoms with Gasteiger partial charge in [-0.05, 0) is 12.1 Å². The molecule has 0 atom stereocenters.